The summed E-state index contributed by atoms with van der Waals surface area (Å²) in [7, 11) is 0. The minimum Gasteiger partial charge on any atom is -0.516 e. The first-order chi connectivity index (χ1) is 19.3. The van der Waals surface area contributed by atoms with Crippen LogP contribution < -0.4 is 0 Å². The van der Waals surface area contributed by atoms with Gasteiger partial charge < -0.3 is 30.6 Å². The van der Waals surface area contributed by atoms with E-state index in [2.05, 4.69) is 26.3 Å². The molecule has 2 aromatic carbocycles. The van der Waals surface area contributed by atoms with E-state index in [1.165, 1.54) is 0 Å². The molecule has 2 aromatic rings. The predicted octanol–water partition coefficient (Wildman–Crippen LogP) is 8.21. The number of aryl methyl sites for hydroxylation is 4. The highest BCUT2D eigenvalue weighted by Crippen LogP contribution is 2.36. The molecule has 0 amide bonds. The van der Waals surface area contributed by atoms with E-state index in [1.54, 1.807) is 0 Å². The zero-order valence-electron chi connectivity index (χ0n) is 26.6. The molecular weight excluding hydrogens is 536 g/mol. The van der Waals surface area contributed by atoms with Gasteiger partial charge in [0, 0.05) is 12.8 Å². The molecule has 6 N–H and O–H groups in total. The van der Waals surface area contributed by atoms with Crippen LogP contribution in [0.5, 0.6) is 11.5 Å². The van der Waals surface area contributed by atoms with Crippen LogP contribution in [-0.2, 0) is 33.3 Å². The minimum atomic E-state index is -0.844. The fourth-order valence-corrected chi connectivity index (χ4v) is 3.72. The predicted molar refractivity (Wildman–Crippen MR) is 172 cm³/mol. The number of aliphatic hydroxyl groups is 2. The van der Waals surface area contributed by atoms with Crippen molar-refractivity contribution in [2.24, 2.45) is 0 Å². The van der Waals surface area contributed by atoms with Crippen molar-refractivity contribution in [2.45, 2.75) is 91.9 Å². The molecule has 0 heterocycles. The number of phenols is 2. The van der Waals surface area contributed by atoms with Crippen molar-refractivity contribution in [1.82, 2.24) is 0 Å². The van der Waals surface area contributed by atoms with E-state index in [1.807, 2.05) is 79.7 Å². The Balaban J connectivity index is -0.000000580. The number of rotatable bonds is 6. The number of phenolic OH excluding ortho intramolecular Hbond substituents is 2. The lowest BCUT2D eigenvalue weighted by molar-refractivity contribution is -0.138. The highest BCUT2D eigenvalue weighted by molar-refractivity contribution is 5.68. The largest absolute Gasteiger partial charge is 0.516 e. The number of benzene rings is 2. The molecule has 0 aromatic heterocycles. The summed E-state index contributed by atoms with van der Waals surface area (Å²) in [5.41, 5.74) is 4.99. The summed E-state index contributed by atoms with van der Waals surface area (Å²) in [6.07, 6.45) is 2.32. The molecule has 0 atom stereocenters. The van der Waals surface area contributed by atoms with Gasteiger partial charge in [-0.1, -0.05) is 90.1 Å². The molecule has 42 heavy (non-hydrogen) atoms. The van der Waals surface area contributed by atoms with Crippen LogP contribution in [0.1, 0.15) is 87.8 Å². The van der Waals surface area contributed by atoms with Crippen molar-refractivity contribution >= 4 is 11.9 Å². The fourth-order valence-electron chi connectivity index (χ4n) is 3.72. The average Bonchev–Trinajstić information content (AvgIpc) is 2.85. The molecule has 0 radical (unpaired) electrons. The maximum Gasteiger partial charge on any atom is 0.303 e. The summed E-state index contributed by atoms with van der Waals surface area (Å²) in [4.78, 5) is 21.1. The number of carboxylic acid groups (broad SMARTS) is 2. The monoisotopic (exact) mass is 588 g/mol. The van der Waals surface area contributed by atoms with Gasteiger partial charge in [-0.3, -0.25) is 9.59 Å². The van der Waals surface area contributed by atoms with E-state index < -0.39 is 11.9 Å². The lowest BCUT2D eigenvalue weighted by Gasteiger charge is -2.22. The molecule has 0 unspecified atom stereocenters. The molecule has 0 aliphatic rings. The molecule has 0 bridgehead atoms. The minimum absolute atomic E-state index is 0.0423. The molecule has 0 aliphatic heterocycles. The summed E-state index contributed by atoms with van der Waals surface area (Å²) in [5, 5.41) is 52.4. The van der Waals surface area contributed by atoms with Crippen molar-refractivity contribution < 1.29 is 40.2 Å². The Bertz CT molecular complexity index is 1050. The molecule has 0 saturated heterocycles. The van der Waals surface area contributed by atoms with Crippen molar-refractivity contribution in [3.05, 3.63) is 96.5 Å². The number of hydrogen-bond acceptors (Lipinski definition) is 6. The van der Waals surface area contributed by atoms with Gasteiger partial charge in [-0.05, 0) is 59.8 Å². The summed E-state index contributed by atoms with van der Waals surface area (Å²) in [5.74, 6) is -1.21. The molecular formula is C34H52O8. The van der Waals surface area contributed by atoms with Gasteiger partial charge in [-0.15, -0.1) is 13.2 Å². The Morgan fingerprint density at radius 1 is 0.667 bits per heavy atom. The lowest BCUT2D eigenvalue weighted by Crippen LogP contribution is -2.13. The van der Waals surface area contributed by atoms with Crippen molar-refractivity contribution in [3.63, 3.8) is 0 Å². The first kappa shape index (κ1) is 42.3. The van der Waals surface area contributed by atoms with Crippen LogP contribution in [0, 0.1) is 13.8 Å². The van der Waals surface area contributed by atoms with Gasteiger partial charge in [0.05, 0.1) is 12.5 Å². The maximum absolute atomic E-state index is 10.6. The van der Waals surface area contributed by atoms with Gasteiger partial charge in [0.1, 0.15) is 11.5 Å². The standard InChI is InChI=1S/2C14H20O3.2C2H4O.C2H4/c2*1-9-7-10(5-6-12(15)16)13(17)11(8-9)14(2,3)4;2*1-2-3;1-2/h2*7-8,17H,5-6H2,1-4H3,(H,15,16);2*2-3H,1H2;1-2H2. The number of carboxylic acids is 2. The SMILES string of the molecule is C=C.C=CO.C=CO.Cc1cc(CCC(=O)O)c(O)c(C(C)(C)C)c1.Cc1cc(CCC(=O)O)c(O)c(C(C)(C)C)c1. The van der Waals surface area contributed by atoms with E-state index >= 15 is 0 Å². The second-order valence-corrected chi connectivity index (χ2v) is 11.3. The molecule has 8 nitrogen and oxygen atoms in total. The van der Waals surface area contributed by atoms with E-state index in [4.69, 9.17) is 20.4 Å². The van der Waals surface area contributed by atoms with Crippen LogP contribution in [0.15, 0.2) is 63.1 Å². The van der Waals surface area contributed by atoms with Crippen LogP contribution in [0.4, 0.5) is 0 Å². The smallest absolute Gasteiger partial charge is 0.303 e. The van der Waals surface area contributed by atoms with Crippen LogP contribution in [0.25, 0.3) is 0 Å². The molecule has 236 valence electrons. The third-order valence-electron chi connectivity index (χ3n) is 5.50. The lowest BCUT2D eigenvalue weighted by atomic mass is 9.83. The Morgan fingerprint density at radius 2 is 0.905 bits per heavy atom. The van der Waals surface area contributed by atoms with E-state index in [-0.39, 0.29) is 35.2 Å². The zero-order chi connectivity index (χ0) is 33.8. The van der Waals surface area contributed by atoms with Crippen molar-refractivity contribution in [1.29, 1.82) is 0 Å². The number of aromatic hydroxyl groups is 2. The summed E-state index contributed by atoms with van der Waals surface area (Å²) in [6, 6.07) is 7.63. The third kappa shape index (κ3) is 17.5. The van der Waals surface area contributed by atoms with Crippen LogP contribution in [-0.4, -0.2) is 42.6 Å². The quantitative estimate of drug-likeness (QED) is 0.146. The van der Waals surface area contributed by atoms with Crippen molar-refractivity contribution in [3.8, 4) is 11.5 Å². The number of aliphatic carboxylic acids is 2. The van der Waals surface area contributed by atoms with Gasteiger partial charge in [0.2, 0.25) is 0 Å². The first-order valence-electron chi connectivity index (χ1n) is 13.4. The third-order valence-corrected chi connectivity index (χ3v) is 5.50. The summed E-state index contributed by atoms with van der Waals surface area (Å²) >= 11 is 0. The van der Waals surface area contributed by atoms with Gasteiger partial charge in [0.15, 0.2) is 0 Å². The second-order valence-electron chi connectivity index (χ2n) is 11.3. The molecule has 0 saturated carbocycles. The molecule has 2 rings (SSSR count). The Hall–Kier alpha value is -4.20. The Labute approximate surface area is 252 Å². The fraction of sp³-hybridized carbons (Fsp3) is 0.412. The van der Waals surface area contributed by atoms with E-state index in [0.29, 0.717) is 12.8 Å². The number of aliphatic hydroxyl groups excluding tert-OH is 2. The highest BCUT2D eigenvalue weighted by atomic mass is 16.4. The second kappa shape index (κ2) is 20.6. The maximum atomic E-state index is 10.6. The van der Waals surface area contributed by atoms with Gasteiger partial charge >= 0.3 is 11.9 Å². The van der Waals surface area contributed by atoms with Crippen LogP contribution in [0.2, 0.25) is 0 Å². The highest BCUT2D eigenvalue weighted by Gasteiger charge is 2.22. The van der Waals surface area contributed by atoms with Crippen LogP contribution >= 0.6 is 0 Å². The van der Waals surface area contributed by atoms with Gasteiger partial charge in [0.25, 0.3) is 0 Å². The van der Waals surface area contributed by atoms with E-state index in [0.717, 1.165) is 45.9 Å². The normalized spacial score (nSPS) is 10.0. The Kier molecular flexibility index (Phi) is 20.8. The Morgan fingerprint density at radius 3 is 1.10 bits per heavy atom. The number of carbonyl (C=O) groups is 2. The molecule has 0 spiro atoms. The van der Waals surface area contributed by atoms with Gasteiger partial charge in [-0.2, -0.15) is 0 Å². The molecule has 0 fully saturated rings. The van der Waals surface area contributed by atoms with Gasteiger partial charge in [-0.25, -0.2) is 0 Å². The van der Waals surface area contributed by atoms with Crippen LogP contribution in [0.3, 0.4) is 0 Å². The first-order valence-corrected chi connectivity index (χ1v) is 13.4. The summed E-state index contributed by atoms with van der Waals surface area (Å²) in [6.45, 7) is 27.9. The number of hydrogen-bond donors (Lipinski definition) is 6. The summed E-state index contributed by atoms with van der Waals surface area (Å²) < 4.78 is 0. The topological polar surface area (TPSA) is 156 Å². The average molecular weight is 589 g/mol. The zero-order valence-corrected chi connectivity index (χ0v) is 26.6. The molecule has 8 heteroatoms. The molecule has 0 aliphatic carbocycles. The van der Waals surface area contributed by atoms with Crippen molar-refractivity contribution in [2.75, 3.05) is 0 Å². The van der Waals surface area contributed by atoms with E-state index in [9.17, 15) is 19.8 Å².